The van der Waals surface area contributed by atoms with E-state index in [0.29, 0.717) is 0 Å². The van der Waals surface area contributed by atoms with Crippen molar-refractivity contribution < 1.29 is 9.47 Å². The molecule has 4 rings (SSSR count). The Morgan fingerprint density at radius 1 is 0.500 bits per heavy atom. The van der Waals surface area contributed by atoms with E-state index in [-0.39, 0.29) is 0 Å². The third-order valence-electron chi connectivity index (χ3n) is 5.48. The first-order chi connectivity index (χ1) is 15.5. The van der Waals surface area contributed by atoms with Crippen LogP contribution in [0.5, 0.6) is 17.2 Å². The van der Waals surface area contributed by atoms with E-state index in [1.807, 2.05) is 72.8 Å². The lowest BCUT2D eigenvalue weighted by Crippen LogP contribution is -1.91. The highest BCUT2D eigenvalue weighted by atomic mass is 16.5. The lowest BCUT2D eigenvalue weighted by molar-refractivity contribution is 0.415. The van der Waals surface area contributed by atoms with E-state index < -0.39 is 0 Å². The molecule has 0 N–H and O–H groups in total. The SMILES string of the molecule is C=C(c1ccc(OC)cc1)c1ccc(C(=C)c2ccc(Oc3ccc(C)cc3)cc2)cc1. The Hall–Kier alpha value is -4.04. The molecule has 0 saturated heterocycles. The van der Waals surface area contributed by atoms with Crippen LogP contribution in [0.2, 0.25) is 0 Å². The lowest BCUT2D eigenvalue weighted by Gasteiger charge is -2.11. The normalized spacial score (nSPS) is 10.4. The van der Waals surface area contributed by atoms with Crippen LogP contribution in [0, 0.1) is 6.92 Å². The molecule has 2 heteroatoms. The Morgan fingerprint density at radius 3 is 1.19 bits per heavy atom. The summed E-state index contributed by atoms with van der Waals surface area (Å²) in [5.41, 5.74) is 7.43. The van der Waals surface area contributed by atoms with Crippen molar-refractivity contribution in [3.8, 4) is 17.2 Å². The van der Waals surface area contributed by atoms with Crippen molar-refractivity contribution in [1.29, 1.82) is 0 Å². The predicted molar refractivity (Wildman–Crippen MR) is 133 cm³/mol. The molecule has 32 heavy (non-hydrogen) atoms. The zero-order valence-corrected chi connectivity index (χ0v) is 18.5. The van der Waals surface area contributed by atoms with Gasteiger partial charge in [0.15, 0.2) is 0 Å². The van der Waals surface area contributed by atoms with Crippen LogP contribution in [-0.4, -0.2) is 7.11 Å². The molecule has 0 unspecified atom stereocenters. The summed E-state index contributed by atoms with van der Waals surface area (Å²) >= 11 is 0. The van der Waals surface area contributed by atoms with Crippen LogP contribution in [0.4, 0.5) is 0 Å². The standard InChI is InChI=1S/C30H26O2/c1-21-5-15-29(16-6-21)32-30-19-13-27(14-20-30)23(3)25-9-7-24(8-10-25)22(2)26-11-17-28(31-4)18-12-26/h5-20H,2-3H2,1,4H3. The van der Waals surface area contributed by atoms with E-state index >= 15 is 0 Å². The number of methoxy groups -OCH3 is 1. The summed E-state index contributed by atoms with van der Waals surface area (Å²) in [6.45, 7) is 10.6. The zero-order valence-electron chi connectivity index (χ0n) is 18.5. The first-order valence-electron chi connectivity index (χ1n) is 10.5. The Balaban J connectivity index is 1.44. The second-order valence-electron chi connectivity index (χ2n) is 7.70. The molecule has 0 radical (unpaired) electrons. The third kappa shape index (κ3) is 4.81. The minimum atomic E-state index is 0.802. The quantitative estimate of drug-likeness (QED) is 0.303. The van der Waals surface area contributed by atoms with Gasteiger partial charge in [0, 0.05) is 0 Å². The molecule has 0 heterocycles. The lowest BCUT2D eigenvalue weighted by atomic mass is 9.95. The Labute approximate surface area is 190 Å². The Bertz CT molecular complexity index is 1210. The fraction of sp³-hybridized carbons (Fsp3) is 0.0667. The number of ether oxygens (including phenoxy) is 2. The molecule has 2 nitrogen and oxygen atoms in total. The van der Waals surface area contributed by atoms with Gasteiger partial charge in [0.1, 0.15) is 17.2 Å². The average Bonchev–Trinajstić information content (AvgIpc) is 2.85. The van der Waals surface area contributed by atoms with E-state index in [2.05, 4.69) is 44.3 Å². The van der Waals surface area contributed by atoms with Crippen LogP contribution in [0.1, 0.15) is 27.8 Å². The Kier molecular flexibility index (Phi) is 6.23. The maximum atomic E-state index is 5.93. The van der Waals surface area contributed by atoms with Gasteiger partial charge in [-0.1, -0.05) is 79.4 Å². The van der Waals surface area contributed by atoms with Gasteiger partial charge in [0.2, 0.25) is 0 Å². The number of benzene rings is 4. The van der Waals surface area contributed by atoms with Crippen LogP contribution in [0.15, 0.2) is 110 Å². The second-order valence-corrected chi connectivity index (χ2v) is 7.70. The average molecular weight is 419 g/mol. The molecule has 0 atom stereocenters. The molecule has 0 aromatic heterocycles. The summed E-state index contributed by atoms with van der Waals surface area (Å²) in [5, 5.41) is 0. The monoisotopic (exact) mass is 418 g/mol. The van der Waals surface area contributed by atoms with Crippen molar-refractivity contribution in [2.24, 2.45) is 0 Å². The van der Waals surface area contributed by atoms with Crippen LogP contribution in [-0.2, 0) is 0 Å². The number of hydrogen-bond donors (Lipinski definition) is 0. The van der Waals surface area contributed by atoms with Gasteiger partial charge in [-0.05, 0) is 76.7 Å². The molecule has 0 fully saturated rings. The van der Waals surface area contributed by atoms with Crippen molar-refractivity contribution in [3.63, 3.8) is 0 Å². The second kappa shape index (κ2) is 9.40. The minimum absolute atomic E-state index is 0.802. The van der Waals surface area contributed by atoms with Crippen molar-refractivity contribution in [1.82, 2.24) is 0 Å². The molecule has 0 bridgehead atoms. The molecule has 158 valence electrons. The van der Waals surface area contributed by atoms with Crippen LogP contribution in [0.3, 0.4) is 0 Å². The van der Waals surface area contributed by atoms with Gasteiger partial charge in [-0.15, -0.1) is 0 Å². The molecule has 0 aliphatic heterocycles. The first kappa shape index (κ1) is 21.2. The third-order valence-corrected chi connectivity index (χ3v) is 5.48. The van der Waals surface area contributed by atoms with E-state index in [1.54, 1.807) is 7.11 Å². The van der Waals surface area contributed by atoms with Crippen molar-refractivity contribution in [3.05, 3.63) is 138 Å². The zero-order chi connectivity index (χ0) is 22.5. The maximum Gasteiger partial charge on any atom is 0.127 e. The largest absolute Gasteiger partial charge is 0.497 e. The van der Waals surface area contributed by atoms with Crippen LogP contribution >= 0.6 is 0 Å². The highest BCUT2D eigenvalue weighted by Gasteiger charge is 2.07. The van der Waals surface area contributed by atoms with Gasteiger partial charge in [-0.3, -0.25) is 0 Å². The predicted octanol–water partition coefficient (Wildman–Crippen LogP) is 7.92. The summed E-state index contributed by atoms with van der Waals surface area (Å²) < 4.78 is 11.2. The van der Waals surface area contributed by atoms with Gasteiger partial charge < -0.3 is 9.47 Å². The van der Waals surface area contributed by atoms with E-state index in [9.17, 15) is 0 Å². The highest BCUT2D eigenvalue weighted by Crippen LogP contribution is 2.29. The summed E-state index contributed by atoms with van der Waals surface area (Å²) in [6, 6.07) is 32.3. The molecular weight excluding hydrogens is 392 g/mol. The molecule has 0 aliphatic rings. The molecule has 0 amide bonds. The molecule has 0 spiro atoms. The fourth-order valence-corrected chi connectivity index (χ4v) is 3.46. The molecule has 4 aromatic carbocycles. The molecular formula is C30H26O2. The van der Waals surface area contributed by atoms with Gasteiger partial charge in [-0.25, -0.2) is 0 Å². The van der Waals surface area contributed by atoms with Gasteiger partial charge in [-0.2, -0.15) is 0 Å². The summed E-state index contributed by atoms with van der Waals surface area (Å²) in [5.74, 6) is 2.47. The fourth-order valence-electron chi connectivity index (χ4n) is 3.46. The highest BCUT2D eigenvalue weighted by molar-refractivity contribution is 5.82. The van der Waals surface area contributed by atoms with Crippen molar-refractivity contribution >= 4 is 11.1 Å². The summed E-state index contributed by atoms with van der Waals surface area (Å²) in [4.78, 5) is 0. The van der Waals surface area contributed by atoms with E-state index in [4.69, 9.17) is 9.47 Å². The molecule has 0 saturated carbocycles. The number of aryl methyl sites for hydroxylation is 1. The summed E-state index contributed by atoms with van der Waals surface area (Å²) in [6.07, 6.45) is 0. The smallest absolute Gasteiger partial charge is 0.127 e. The summed E-state index contributed by atoms with van der Waals surface area (Å²) in [7, 11) is 1.67. The van der Waals surface area contributed by atoms with Crippen molar-refractivity contribution in [2.75, 3.05) is 7.11 Å². The van der Waals surface area contributed by atoms with Gasteiger partial charge in [0.05, 0.1) is 7.11 Å². The Morgan fingerprint density at radius 2 is 0.812 bits per heavy atom. The van der Waals surface area contributed by atoms with Gasteiger partial charge in [0.25, 0.3) is 0 Å². The minimum Gasteiger partial charge on any atom is -0.497 e. The van der Waals surface area contributed by atoms with Gasteiger partial charge >= 0.3 is 0 Å². The van der Waals surface area contributed by atoms with E-state index in [1.165, 1.54) is 5.56 Å². The first-order valence-corrected chi connectivity index (χ1v) is 10.5. The molecule has 4 aromatic rings. The number of hydrogen-bond acceptors (Lipinski definition) is 2. The molecule has 0 aliphatic carbocycles. The number of rotatable bonds is 7. The van der Waals surface area contributed by atoms with E-state index in [0.717, 1.165) is 50.6 Å². The maximum absolute atomic E-state index is 5.93. The van der Waals surface area contributed by atoms with Crippen molar-refractivity contribution in [2.45, 2.75) is 6.92 Å². The topological polar surface area (TPSA) is 18.5 Å². The van der Waals surface area contributed by atoms with Crippen LogP contribution in [0.25, 0.3) is 11.1 Å². The van der Waals surface area contributed by atoms with Crippen LogP contribution < -0.4 is 9.47 Å².